The van der Waals surface area contributed by atoms with E-state index in [1.54, 1.807) is 9.58 Å². The van der Waals surface area contributed by atoms with Gasteiger partial charge in [-0.2, -0.15) is 9.40 Å². The minimum Gasteiger partial charge on any atom is -0.478 e. The highest BCUT2D eigenvalue weighted by atomic mass is 32.2. The Bertz CT molecular complexity index is 737. The maximum absolute atomic E-state index is 12.8. The second-order valence-corrected chi connectivity index (χ2v) is 8.29. The topological polar surface area (TPSA) is 94.0 Å². The van der Waals surface area contributed by atoms with Gasteiger partial charge in [-0.25, -0.2) is 13.1 Å². The third kappa shape index (κ3) is 3.65. The number of ether oxygens (including phenoxy) is 2. The third-order valence-electron chi connectivity index (χ3n) is 4.55. The number of amides is 1. The van der Waals surface area contributed by atoms with Crippen LogP contribution in [0.3, 0.4) is 0 Å². The first-order chi connectivity index (χ1) is 11.9. The Morgan fingerprint density at radius 2 is 1.96 bits per heavy atom. The number of hydrogen-bond donors (Lipinski definition) is 0. The van der Waals surface area contributed by atoms with E-state index in [0.29, 0.717) is 44.4 Å². The van der Waals surface area contributed by atoms with Crippen molar-refractivity contribution < 1.29 is 22.7 Å². The van der Waals surface area contributed by atoms with E-state index in [9.17, 15) is 13.2 Å². The molecule has 2 aliphatic rings. The molecule has 0 aliphatic carbocycles. The van der Waals surface area contributed by atoms with Crippen molar-refractivity contribution >= 4 is 15.9 Å². The summed E-state index contributed by atoms with van der Waals surface area (Å²) >= 11 is 0. The van der Waals surface area contributed by atoms with Crippen molar-refractivity contribution in [1.82, 2.24) is 19.0 Å². The van der Waals surface area contributed by atoms with Crippen LogP contribution in [0.25, 0.3) is 0 Å². The summed E-state index contributed by atoms with van der Waals surface area (Å²) in [4.78, 5) is 14.4. The highest BCUT2D eigenvalue weighted by Gasteiger charge is 2.32. The van der Waals surface area contributed by atoms with Gasteiger partial charge in [0.25, 0.3) is 5.91 Å². The van der Waals surface area contributed by atoms with Gasteiger partial charge in [0.15, 0.2) is 5.69 Å². The monoisotopic (exact) mass is 372 g/mol. The van der Waals surface area contributed by atoms with Gasteiger partial charge in [0.1, 0.15) is 0 Å². The number of aromatic nitrogens is 2. The van der Waals surface area contributed by atoms with Crippen LogP contribution in [0.15, 0.2) is 0 Å². The van der Waals surface area contributed by atoms with Gasteiger partial charge >= 0.3 is 0 Å². The molecule has 25 heavy (non-hydrogen) atoms. The number of rotatable bonds is 5. The van der Waals surface area contributed by atoms with Crippen molar-refractivity contribution in [2.75, 3.05) is 52.3 Å². The van der Waals surface area contributed by atoms with Crippen LogP contribution in [0.2, 0.25) is 0 Å². The highest BCUT2D eigenvalue weighted by molar-refractivity contribution is 7.89. The molecule has 1 aromatic heterocycles. The van der Waals surface area contributed by atoms with Crippen molar-refractivity contribution in [3.05, 3.63) is 11.3 Å². The third-order valence-corrected chi connectivity index (χ3v) is 6.39. The van der Waals surface area contributed by atoms with Gasteiger partial charge in [-0.15, -0.1) is 0 Å². The van der Waals surface area contributed by atoms with Crippen LogP contribution in [0.1, 0.15) is 22.5 Å². The van der Waals surface area contributed by atoms with Gasteiger partial charge in [0.05, 0.1) is 19.0 Å². The van der Waals surface area contributed by atoms with Gasteiger partial charge < -0.3 is 14.4 Å². The average molecular weight is 372 g/mol. The van der Waals surface area contributed by atoms with E-state index < -0.39 is 10.0 Å². The van der Waals surface area contributed by atoms with Crippen molar-refractivity contribution in [3.8, 4) is 5.88 Å². The van der Waals surface area contributed by atoms with Crippen LogP contribution >= 0.6 is 0 Å². The molecule has 0 N–H and O–H groups in total. The molecular formula is C15H24N4O5S. The quantitative estimate of drug-likeness (QED) is 0.705. The van der Waals surface area contributed by atoms with E-state index in [1.165, 1.54) is 11.4 Å². The second-order valence-electron chi connectivity index (χ2n) is 6.20. The molecular weight excluding hydrogens is 348 g/mol. The van der Waals surface area contributed by atoms with Crippen LogP contribution in [-0.4, -0.2) is 85.6 Å². The lowest BCUT2D eigenvalue weighted by Crippen LogP contribution is -2.51. The Labute approximate surface area is 147 Å². The lowest BCUT2D eigenvalue weighted by Gasteiger charge is -2.33. The Morgan fingerprint density at radius 1 is 1.24 bits per heavy atom. The maximum atomic E-state index is 12.8. The molecule has 0 saturated carbocycles. The fourth-order valence-electron chi connectivity index (χ4n) is 3.09. The van der Waals surface area contributed by atoms with E-state index in [4.69, 9.17) is 9.47 Å². The minimum atomic E-state index is -3.34. The maximum Gasteiger partial charge on any atom is 0.274 e. The molecule has 140 valence electrons. The number of nitrogens with zero attached hydrogens (tertiary/aromatic N) is 4. The lowest BCUT2D eigenvalue weighted by atomic mass is 10.2. The summed E-state index contributed by atoms with van der Waals surface area (Å²) < 4.78 is 38.0. The van der Waals surface area contributed by atoms with Crippen molar-refractivity contribution in [2.45, 2.75) is 19.9 Å². The fraction of sp³-hybridized carbons (Fsp3) is 0.733. The van der Waals surface area contributed by atoms with Crippen molar-refractivity contribution in [3.63, 3.8) is 0 Å². The molecule has 3 heterocycles. The Balaban J connectivity index is 1.65. The van der Waals surface area contributed by atoms with Gasteiger partial charge in [-0.05, 0) is 6.92 Å². The summed E-state index contributed by atoms with van der Waals surface area (Å²) in [6.07, 6.45) is 0.875. The first kappa shape index (κ1) is 18.2. The molecule has 0 unspecified atom stereocenters. The van der Waals surface area contributed by atoms with Gasteiger partial charge in [-0.1, -0.05) is 0 Å². The number of aryl methyl sites for hydroxylation is 1. The summed E-state index contributed by atoms with van der Waals surface area (Å²) in [5.41, 5.74) is 1.15. The summed E-state index contributed by atoms with van der Waals surface area (Å²) in [5.74, 6) is 0.453. The molecule has 0 radical (unpaired) electrons. The Kier molecular flexibility index (Phi) is 5.30. The molecule has 0 spiro atoms. The van der Waals surface area contributed by atoms with Crippen LogP contribution in [0.4, 0.5) is 0 Å². The number of hydrogen-bond acceptors (Lipinski definition) is 6. The SMILES string of the molecule is COCCS(=O)(=O)N1CCN(C(=O)c2nn3c(c2C)OCCC3)CC1. The summed E-state index contributed by atoms with van der Waals surface area (Å²) in [7, 11) is -1.86. The zero-order valence-corrected chi connectivity index (χ0v) is 15.4. The van der Waals surface area contributed by atoms with Crippen LogP contribution in [-0.2, 0) is 21.3 Å². The van der Waals surface area contributed by atoms with Crippen molar-refractivity contribution in [1.29, 1.82) is 0 Å². The van der Waals surface area contributed by atoms with Crippen LogP contribution < -0.4 is 4.74 Å². The molecule has 0 aromatic carbocycles. The first-order valence-electron chi connectivity index (χ1n) is 8.40. The molecule has 0 atom stereocenters. The molecule has 9 nitrogen and oxygen atoms in total. The largest absolute Gasteiger partial charge is 0.478 e. The van der Waals surface area contributed by atoms with E-state index in [0.717, 1.165) is 18.5 Å². The molecule has 1 fully saturated rings. The standard InChI is InChI=1S/C15H24N4O5S/c1-12-13(16-19-4-3-9-24-15(12)19)14(20)17-5-7-18(8-6-17)25(21,22)11-10-23-2/h3-11H2,1-2H3. The molecule has 2 aliphatic heterocycles. The lowest BCUT2D eigenvalue weighted by molar-refractivity contribution is 0.0689. The number of sulfonamides is 1. The first-order valence-corrected chi connectivity index (χ1v) is 10.0. The van der Waals surface area contributed by atoms with E-state index in [1.807, 2.05) is 6.92 Å². The molecule has 1 aromatic rings. The van der Waals surface area contributed by atoms with Crippen molar-refractivity contribution in [2.24, 2.45) is 0 Å². The summed E-state index contributed by atoms with van der Waals surface area (Å²) in [6.45, 7) is 4.68. The predicted octanol–water partition coefficient (Wildman–Crippen LogP) is -0.292. The predicted molar refractivity (Wildman–Crippen MR) is 90.2 cm³/mol. The Morgan fingerprint density at radius 3 is 2.60 bits per heavy atom. The number of methoxy groups -OCH3 is 1. The van der Waals surface area contributed by atoms with E-state index in [2.05, 4.69) is 5.10 Å². The fourth-order valence-corrected chi connectivity index (χ4v) is 4.45. The highest BCUT2D eigenvalue weighted by Crippen LogP contribution is 2.26. The molecule has 3 rings (SSSR count). The number of piperazine rings is 1. The van der Waals surface area contributed by atoms with Gasteiger partial charge in [0.2, 0.25) is 15.9 Å². The number of carbonyl (C=O) groups excluding carboxylic acids is 1. The zero-order chi connectivity index (χ0) is 18.0. The summed E-state index contributed by atoms with van der Waals surface area (Å²) in [5, 5.41) is 4.39. The normalized spacial score (nSPS) is 18.7. The smallest absolute Gasteiger partial charge is 0.274 e. The summed E-state index contributed by atoms with van der Waals surface area (Å²) in [6, 6.07) is 0. The van der Waals surface area contributed by atoms with Gasteiger partial charge in [0, 0.05) is 51.8 Å². The molecule has 1 amide bonds. The minimum absolute atomic E-state index is 0.0400. The number of carbonyl (C=O) groups is 1. The molecule has 10 heteroatoms. The zero-order valence-electron chi connectivity index (χ0n) is 14.6. The average Bonchev–Trinajstić information content (AvgIpc) is 2.97. The van der Waals surface area contributed by atoms with Gasteiger partial charge in [-0.3, -0.25) is 4.79 Å². The van der Waals surface area contributed by atoms with Crippen LogP contribution in [0, 0.1) is 6.92 Å². The van der Waals surface area contributed by atoms with Crippen LogP contribution in [0.5, 0.6) is 5.88 Å². The Hall–Kier alpha value is -1.65. The number of fused-ring (bicyclic) bond motifs is 1. The van der Waals surface area contributed by atoms with E-state index >= 15 is 0 Å². The van der Waals surface area contributed by atoms with E-state index in [-0.39, 0.29) is 18.3 Å². The molecule has 1 saturated heterocycles. The molecule has 0 bridgehead atoms. The second kappa shape index (κ2) is 7.30.